The predicted molar refractivity (Wildman–Crippen MR) is 105 cm³/mol. The van der Waals surface area contributed by atoms with E-state index in [0.29, 0.717) is 0 Å². The molecular formula is C19H13N3S2. The van der Waals surface area contributed by atoms with Gasteiger partial charge in [-0.15, -0.1) is 22.7 Å². The second-order valence-electron chi connectivity index (χ2n) is 5.57. The van der Waals surface area contributed by atoms with Gasteiger partial charge in [0.15, 0.2) is 0 Å². The summed E-state index contributed by atoms with van der Waals surface area (Å²) < 4.78 is 1.19. The molecule has 0 saturated carbocycles. The molecule has 0 unspecified atom stereocenters. The summed E-state index contributed by atoms with van der Waals surface area (Å²) in [5, 5.41) is 6.86. The van der Waals surface area contributed by atoms with Crippen molar-refractivity contribution in [3.63, 3.8) is 0 Å². The highest BCUT2D eigenvalue weighted by Gasteiger charge is 2.10. The fourth-order valence-electron chi connectivity index (χ4n) is 2.86. The van der Waals surface area contributed by atoms with Crippen LogP contribution in [-0.2, 0) is 0 Å². The lowest BCUT2D eigenvalue weighted by Crippen LogP contribution is -1.90. The molecule has 0 aliphatic heterocycles. The zero-order chi connectivity index (χ0) is 15.9. The van der Waals surface area contributed by atoms with Crippen molar-refractivity contribution in [3.05, 3.63) is 66.3 Å². The molecule has 1 aromatic carbocycles. The number of H-pyrrole nitrogens is 1. The van der Waals surface area contributed by atoms with Crippen LogP contribution in [-0.4, -0.2) is 9.97 Å². The number of rotatable bonds is 3. The van der Waals surface area contributed by atoms with Crippen molar-refractivity contribution in [2.75, 3.05) is 5.32 Å². The number of aromatic amines is 1. The fraction of sp³-hybridized carbons (Fsp3) is 0. The number of fused-ring (bicyclic) bond motifs is 2. The standard InChI is InChI=1S/C19H13N3S2/c1-2-17(23-9-1)18-11-16-19(24-18)15(6-8-21-16)22-13-3-4-14-12(10-13)5-7-20-14/h1-11,20H,(H,21,22). The Bertz CT molecular complexity index is 1140. The minimum atomic E-state index is 1.04. The molecular weight excluding hydrogens is 334 g/mol. The van der Waals surface area contributed by atoms with E-state index < -0.39 is 0 Å². The van der Waals surface area contributed by atoms with Gasteiger partial charge in [0, 0.05) is 38.7 Å². The first-order chi connectivity index (χ1) is 11.9. The molecule has 4 aromatic heterocycles. The molecule has 0 fully saturated rings. The molecule has 0 aliphatic rings. The molecule has 0 spiro atoms. The number of thiophene rings is 2. The quantitative estimate of drug-likeness (QED) is 0.405. The lowest BCUT2D eigenvalue weighted by molar-refractivity contribution is 1.42. The number of pyridine rings is 1. The fourth-order valence-corrected chi connectivity index (χ4v) is 4.77. The number of hydrogen-bond donors (Lipinski definition) is 2. The van der Waals surface area contributed by atoms with Crippen molar-refractivity contribution in [1.29, 1.82) is 0 Å². The van der Waals surface area contributed by atoms with Crippen molar-refractivity contribution in [3.8, 4) is 9.75 Å². The second kappa shape index (κ2) is 5.47. The molecule has 4 heterocycles. The molecule has 5 heteroatoms. The molecule has 5 rings (SSSR count). The van der Waals surface area contributed by atoms with E-state index in [1.165, 1.54) is 19.8 Å². The summed E-state index contributed by atoms with van der Waals surface area (Å²) in [6.07, 6.45) is 3.83. The summed E-state index contributed by atoms with van der Waals surface area (Å²) in [5.74, 6) is 0. The van der Waals surface area contributed by atoms with Crippen LogP contribution in [0.25, 0.3) is 30.9 Å². The van der Waals surface area contributed by atoms with Gasteiger partial charge in [0.25, 0.3) is 0 Å². The van der Waals surface area contributed by atoms with E-state index in [9.17, 15) is 0 Å². The Morgan fingerprint density at radius 2 is 2.00 bits per heavy atom. The highest BCUT2D eigenvalue weighted by Crippen LogP contribution is 2.39. The molecule has 0 bridgehead atoms. The van der Waals surface area contributed by atoms with Crippen LogP contribution in [0.4, 0.5) is 11.4 Å². The summed E-state index contributed by atoms with van der Waals surface area (Å²) in [5.41, 5.74) is 4.37. The van der Waals surface area contributed by atoms with Crippen molar-refractivity contribution >= 4 is 55.2 Å². The Hall–Kier alpha value is -2.63. The minimum Gasteiger partial charge on any atom is -0.361 e. The highest BCUT2D eigenvalue weighted by atomic mass is 32.1. The van der Waals surface area contributed by atoms with Gasteiger partial charge in [0.1, 0.15) is 0 Å². The van der Waals surface area contributed by atoms with Crippen LogP contribution in [0, 0.1) is 0 Å². The van der Waals surface area contributed by atoms with Gasteiger partial charge in [0.05, 0.1) is 15.9 Å². The number of benzene rings is 1. The summed E-state index contributed by atoms with van der Waals surface area (Å²) in [6, 6.07) is 16.9. The monoisotopic (exact) mass is 347 g/mol. The molecule has 5 aromatic rings. The first kappa shape index (κ1) is 13.8. The van der Waals surface area contributed by atoms with E-state index in [-0.39, 0.29) is 0 Å². The maximum atomic E-state index is 4.53. The normalized spacial score (nSPS) is 11.3. The molecule has 2 N–H and O–H groups in total. The van der Waals surface area contributed by atoms with Gasteiger partial charge in [-0.25, -0.2) is 0 Å². The van der Waals surface area contributed by atoms with Crippen LogP contribution < -0.4 is 5.32 Å². The topological polar surface area (TPSA) is 40.7 Å². The van der Waals surface area contributed by atoms with E-state index in [4.69, 9.17) is 0 Å². The average molecular weight is 347 g/mol. The average Bonchev–Trinajstić information content (AvgIpc) is 3.34. The Morgan fingerprint density at radius 3 is 2.92 bits per heavy atom. The molecule has 0 saturated heterocycles. The number of nitrogens with zero attached hydrogens (tertiary/aromatic N) is 1. The lowest BCUT2D eigenvalue weighted by atomic mass is 10.2. The van der Waals surface area contributed by atoms with Crippen LogP contribution in [0.2, 0.25) is 0 Å². The molecule has 0 atom stereocenters. The van der Waals surface area contributed by atoms with Crippen molar-refractivity contribution in [1.82, 2.24) is 9.97 Å². The SMILES string of the molecule is c1csc(-c2cc3nccc(Nc4ccc5[nH]ccc5c4)c3s2)c1. The Labute approximate surface area is 146 Å². The molecule has 24 heavy (non-hydrogen) atoms. The summed E-state index contributed by atoms with van der Waals surface area (Å²) in [4.78, 5) is 10.3. The zero-order valence-corrected chi connectivity index (χ0v) is 14.2. The van der Waals surface area contributed by atoms with E-state index >= 15 is 0 Å². The highest BCUT2D eigenvalue weighted by molar-refractivity contribution is 7.26. The predicted octanol–water partition coefficient (Wildman–Crippen LogP) is 6.25. The van der Waals surface area contributed by atoms with Crippen LogP contribution in [0.5, 0.6) is 0 Å². The Kier molecular flexibility index (Phi) is 3.14. The van der Waals surface area contributed by atoms with Crippen LogP contribution in [0.1, 0.15) is 0 Å². The van der Waals surface area contributed by atoms with Crippen LogP contribution in [0.15, 0.2) is 66.3 Å². The molecule has 116 valence electrons. The largest absolute Gasteiger partial charge is 0.361 e. The molecule has 3 nitrogen and oxygen atoms in total. The third-order valence-corrected chi connectivity index (χ3v) is 6.23. The summed E-state index contributed by atoms with van der Waals surface area (Å²) in [7, 11) is 0. The van der Waals surface area contributed by atoms with Gasteiger partial charge in [-0.2, -0.15) is 0 Å². The van der Waals surface area contributed by atoms with E-state index in [1.807, 2.05) is 18.5 Å². The first-order valence-electron chi connectivity index (χ1n) is 7.63. The van der Waals surface area contributed by atoms with Crippen molar-refractivity contribution in [2.45, 2.75) is 0 Å². The van der Waals surface area contributed by atoms with Crippen molar-refractivity contribution in [2.24, 2.45) is 0 Å². The smallest absolute Gasteiger partial charge is 0.0837 e. The van der Waals surface area contributed by atoms with Gasteiger partial charge in [-0.05, 0) is 47.8 Å². The summed E-state index contributed by atoms with van der Waals surface area (Å²) >= 11 is 3.55. The molecule has 0 radical (unpaired) electrons. The van der Waals surface area contributed by atoms with Gasteiger partial charge in [0.2, 0.25) is 0 Å². The summed E-state index contributed by atoms with van der Waals surface area (Å²) in [6.45, 7) is 0. The Balaban J connectivity index is 1.58. The van der Waals surface area contributed by atoms with E-state index in [1.54, 1.807) is 22.7 Å². The molecule has 0 amide bonds. The minimum absolute atomic E-state index is 1.04. The van der Waals surface area contributed by atoms with Gasteiger partial charge in [-0.3, -0.25) is 4.98 Å². The molecule has 0 aliphatic carbocycles. The van der Waals surface area contributed by atoms with Crippen LogP contribution >= 0.6 is 22.7 Å². The zero-order valence-electron chi connectivity index (χ0n) is 12.6. The van der Waals surface area contributed by atoms with Gasteiger partial charge >= 0.3 is 0 Å². The number of hydrogen-bond acceptors (Lipinski definition) is 4. The van der Waals surface area contributed by atoms with E-state index in [0.717, 1.165) is 22.4 Å². The maximum absolute atomic E-state index is 4.53. The maximum Gasteiger partial charge on any atom is 0.0837 e. The lowest BCUT2D eigenvalue weighted by Gasteiger charge is -2.07. The third-order valence-electron chi connectivity index (χ3n) is 4.01. The van der Waals surface area contributed by atoms with Crippen LogP contribution in [0.3, 0.4) is 0 Å². The third kappa shape index (κ3) is 2.29. The van der Waals surface area contributed by atoms with E-state index in [2.05, 4.69) is 63.1 Å². The second-order valence-corrected chi connectivity index (χ2v) is 7.57. The number of anilines is 2. The number of nitrogens with one attached hydrogen (secondary N) is 2. The number of aromatic nitrogens is 2. The van der Waals surface area contributed by atoms with Gasteiger partial charge in [-0.1, -0.05) is 6.07 Å². The van der Waals surface area contributed by atoms with Crippen molar-refractivity contribution < 1.29 is 0 Å². The van der Waals surface area contributed by atoms with Gasteiger partial charge < -0.3 is 10.3 Å². The Morgan fingerprint density at radius 1 is 1.00 bits per heavy atom. The first-order valence-corrected chi connectivity index (χ1v) is 9.33.